The number of hydrogen-bond acceptors (Lipinski definition) is 3. The van der Waals surface area contributed by atoms with E-state index in [2.05, 4.69) is 32.7 Å². The zero-order valence-corrected chi connectivity index (χ0v) is 12.1. The summed E-state index contributed by atoms with van der Waals surface area (Å²) in [7, 11) is 0. The van der Waals surface area contributed by atoms with Gasteiger partial charge >= 0.3 is 0 Å². The Balaban J connectivity index is 1.66. The molecule has 1 aliphatic rings. The van der Waals surface area contributed by atoms with E-state index >= 15 is 0 Å². The van der Waals surface area contributed by atoms with Gasteiger partial charge in [-0.05, 0) is 24.0 Å². The molecule has 0 fully saturated rings. The molecule has 3 N–H and O–H groups in total. The zero-order valence-electron chi connectivity index (χ0n) is 12.1. The van der Waals surface area contributed by atoms with Crippen molar-refractivity contribution >= 4 is 5.91 Å². The molecule has 3 rings (SSSR count). The summed E-state index contributed by atoms with van der Waals surface area (Å²) in [5.41, 5.74) is 2.53. The Kier molecular flexibility index (Phi) is 4.01. The van der Waals surface area contributed by atoms with Crippen LogP contribution in [0, 0.1) is 0 Å². The second-order valence-electron chi connectivity index (χ2n) is 5.35. The number of nitrogens with zero attached hydrogens (tertiary/aromatic N) is 1. The van der Waals surface area contributed by atoms with Crippen LogP contribution in [-0.4, -0.2) is 21.9 Å². The van der Waals surface area contributed by atoms with Crippen LogP contribution in [-0.2, 0) is 17.8 Å². The van der Waals surface area contributed by atoms with E-state index in [0.717, 1.165) is 25.2 Å². The number of carbonyl (C=O) groups excluding carboxylic acids is 1. The largest absolute Gasteiger partial charge is 0.347 e. The molecule has 2 heterocycles. The number of fused-ring (bicyclic) bond motifs is 1. The summed E-state index contributed by atoms with van der Waals surface area (Å²) < 4.78 is 0. The van der Waals surface area contributed by atoms with Crippen molar-refractivity contribution in [3.05, 3.63) is 53.6 Å². The summed E-state index contributed by atoms with van der Waals surface area (Å²) in [6.45, 7) is 2.78. The maximum absolute atomic E-state index is 12.5. The summed E-state index contributed by atoms with van der Waals surface area (Å²) in [6, 6.07) is 8.02. The van der Waals surface area contributed by atoms with E-state index in [0.29, 0.717) is 0 Å². The third kappa shape index (κ3) is 2.97. The van der Waals surface area contributed by atoms with Gasteiger partial charge in [0.2, 0.25) is 5.91 Å². The van der Waals surface area contributed by atoms with Crippen LogP contribution in [0.1, 0.15) is 36.3 Å². The number of carbonyl (C=O) groups is 1. The lowest BCUT2D eigenvalue weighted by atomic mass is 9.95. The first kappa shape index (κ1) is 13.8. The first-order valence-corrected chi connectivity index (χ1v) is 7.37. The fourth-order valence-corrected chi connectivity index (χ4v) is 2.74. The number of H-pyrrole nitrogens is 1. The Morgan fingerprint density at radius 3 is 2.95 bits per heavy atom. The van der Waals surface area contributed by atoms with Crippen LogP contribution in [0.5, 0.6) is 0 Å². The van der Waals surface area contributed by atoms with Crippen LogP contribution in [0.2, 0.25) is 0 Å². The highest BCUT2D eigenvalue weighted by molar-refractivity contribution is 5.82. The molecule has 0 aliphatic carbocycles. The van der Waals surface area contributed by atoms with Gasteiger partial charge in [-0.15, -0.1) is 0 Å². The van der Waals surface area contributed by atoms with Gasteiger partial charge in [-0.2, -0.15) is 0 Å². The van der Waals surface area contributed by atoms with E-state index < -0.39 is 0 Å². The first-order valence-electron chi connectivity index (χ1n) is 7.37. The van der Waals surface area contributed by atoms with Crippen molar-refractivity contribution in [2.75, 3.05) is 0 Å². The normalized spacial score (nSPS) is 18.8. The number of nitrogens with one attached hydrogen (secondary N) is 3. The van der Waals surface area contributed by atoms with Crippen molar-refractivity contribution in [1.82, 2.24) is 20.6 Å². The standard InChI is InChI=1S/C16H20N4O/c1-2-13(15-17-7-8-18-15)20-16(21)14-9-11-5-3-4-6-12(11)10-19-14/h3-8,13-14,19H,2,9-10H2,1H3,(H,17,18)(H,20,21). The predicted molar refractivity (Wildman–Crippen MR) is 80.5 cm³/mol. The first-order chi connectivity index (χ1) is 10.3. The molecule has 1 aromatic carbocycles. The lowest BCUT2D eigenvalue weighted by Crippen LogP contribution is -2.48. The highest BCUT2D eigenvalue weighted by Crippen LogP contribution is 2.18. The summed E-state index contributed by atoms with van der Waals surface area (Å²) in [5, 5.41) is 6.38. The SMILES string of the molecule is CCC(NC(=O)C1Cc2ccccc2CN1)c1ncc[nH]1. The van der Waals surface area contributed by atoms with Crippen LogP contribution in [0.3, 0.4) is 0 Å². The summed E-state index contributed by atoms with van der Waals surface area (Å²) >= 11 is 0. The van der Waals surface area contributed by atoms with Crippen molar-refractivity contribution < 1.29 is 4.79 Å². The van der Waals surface area contributed by atoms with Gasteiger partial charge in [0.05, 0.1) is 12.1 Å². The van der Waals surface area contributed by atoms with E-state index in [4.69, 9.17) is 0 Å². The molecule has 0 saturated carbocycles. The van der Waals surface area contributed by atoms with E-state index in [9.17, 15) is 4.79 Å². The Morgan fingerprint density at radius 1 is 1.43 bits per heavy atom. The van der Waals surface area contributed by atoms with Crippen molar-refractivity contribution in [2.24, 2.45) is 0 Å². The Morgan fingerprint density at radius 2 is 2.24 bits per heavy atom. The minimum atomic E-state index is -0.177. The molecule has 0 radical (unpaired) electrons. The van der Waals surface area contributed by atoms with Gasteiger partial charge in [-0.3, -0.25) is 4.79 Å². The van der Waals surface area contributed by atoms with Crippen molar-refractivity contribution in [1.29, 1.82) is 0 Å². The van der Waals surface area contributed by atoms with Crippen LogP contribution in [0.4, 0.5) is 0 Å². The van der Waals surface area contributed by atoms with Gasteiger partial charge in [0.25, 0.3) is 0 Å². The zero-order chi connectivity index (χ0) is 14.7. The third-order valence-electron chi connectivity index (χ3n) is 3.97. The van der Waals surface area contributed by atoms with Crippen molar-refractivity contribution in [2.45, 2.75) is 38.4 Å². The molecule has 1 aromatic heterocycles. The topological polar surface area (TPSA) is 69.8 Å². The van der Waals surface area contributed by atoms with Gasteiger partial charge in [0.1, 0.15) is 5.82 Å². The van der Waals surface area contributed by atoms with E-state index in [1.807, 2.05) is 19.1 Å². The Labute approximate surface area is 124 Å². The molecule has 0 bridgehead atoms. The highest BCUT2D eigenvalue weighted by atomic mass is 16.2. The lowest BCUT2D eigenvalue weighted by Gasteiger charge is -2.27. The molecule has 0 saturated heterocycles. The number of benzene rings is 1. The Bertz CT molecular complexity index is 608. The third-order valence-corrected chi connectivity index (χ3v) is 3.97. The number of rotatable bonds is 4. The number of aromatic nitrogens is 2. The lowest BCUT2D eigenvalue weighted by molar-refractivity contribution is -0.124. The maximum atomic E-state index is 12.5. The van der Waals surface area contributed by atoms with Gasteiger partial charge in [-0.25, -0.2) is 4.98 Å². The van der Waals surface area contributed by atoms with Crippen LogP contribution in [0.15, 0.2) is 36.7 Å². The molecule has 1 amide bonds. The molecule has 110 valence electrons. The molecular formula is C16H20N4O. The van der Waals surface area contributed by atoms with Crippen LogP contribution in [0.25, 0.3) is 0 Å². The van der Waals surface area contributed by atoms with Crippen LogP contribution >= 0.6 is 0 Å². The molecular weight excluding hydrogens is 264 g/mol. The second-order valence-corrected chi connectivity index (χ2v) is 5.35. The Hall–Kier alpha value is -2.14. The monoisotopic (exact) mass is 284 g/mol. The number of amides is 1. The minimum absolute atomic E-state index is 0.0350. The fraction of sp³-hybridized carbons (Fsp3) is 0.375. The van der Waals surface area contributed by atoms with Crippen molar-refractivity contribution in [3.8, 4) is 0 Å². The quantitative estimate of drug-likeness (QED) is 0.800. The maximum Gasteiger partial charge on any atom is 0.238 e. The number of hydrogen-bond donors (Lipinski definition) is 3. The summed E-state index contributed by atoms with van der Waals surface area (Å²) in [6.07, 6.45) is 5.03. The summed E-state index contributed by atoms with van der Waals surface area (Å²) in [5.74, 6) is 0.842. The number of aromatic amines is 1. The van der Waals surface area contributed by atoms with Gasteiger partial charge in [0, 0.05) is 18.9 Å². The molecule has 2 atom stereocenters. The van der Waals surface area contributed by atoms with Gasteiger partial charge < -0.3 is 15.6 Å². The molecule has 1 aliphatic heterocycles. The molecule has 5 heteroatoms. The highest BCUT2D eigenvalue weighted by Gasteiger charge is 2.26. The average molecular weight is 284 g/mol. The average Bonchev–Trinajstić information content (AvgIpc) is 3.06. The fourth-order valence-electron chi connectivity index (χ4n) is 2.74. The van der Waals surface area contributed by atoms with E-state index in [-0.39, 0.29) is 18.0 Å². The smallest absolute Gasteiger partial charge is 0.238 e. The molecule has 2 aromatic rings. The molecule has 5 nitrogen and oxygen atoms in total. The van der Waals surface area contributed by atoms with E-state index in [1.54, 1.807) is 12.4 Å². The van der Waals surface area contributed by atoms with Gasteiger partial charge in [0.15, 0.2) is 0 Å². The number of imidazole rings is 1. The van der Waals surface area contributed by atoms with E-state index in [1.165, 1.54) is 11.1 Å². The second kappa shape index (κ2) is 6.10. The minimum Gasteiger partial charge on any atom is -0.347 e. The predicted octanol–water partition coefficient (Wildman–Crippen LogP) is 1.69. The van der Waals surface area contributed by atoms with Gasteiger partial charge in [-0.1, -0.05) is 31.2 Å². The van der Waals surface area contributed by atoms with Crippen LogP contribution < -0.4 is 10.6 Å². The summed E-state index contributed by atoms with van der Waals surface area (Å²) in [4.78, 5) is 19.8. The molecule has 21 heavy (non-hydrogen) atoms. The van der Waals surface area contributed by atoms with Crippen molar-refractivity contribution in [3.63, 3.8) is 0 Å². The molecule has 0 spiro atoms. The molecule has 2 unspecified atom stereocenters.